The molecule has 1 aliphatic carbocycles. The molecule has 0 aromatic heterocycles. The molecule has 0 nitrogen and oxygen atoms in total. The molecule has 0 spiro atoms. The highest BCUT2D eigenvalue weighted by Gasteiger charge is 2.21. The molecule has 2 heteroatoms. The topological polar surface area (TPSA) is 0 Å². The van der Waals surface area contributed by atoms with E-state index in [1.54, 1.807) is 6.08 Å². The summed E-state index contributed by atoms with van der Waals surface area (Å²) in [5.41, 5.74) is 3.58. The van der Waals surface area contributed by atoms with Crippen LogP contribution in [0.3, 0.4) is 0 Å². The summed E-state index contributed by atoms with van der Waals surface area (Å²) in [6, 6.07) is 15.4. The fraction of sp³-hybridized carbons (Fsp3) is 0.364. The molecule has 2 aromatic carbocycles. The Morgan fingerprint density at radius 2 is 1.42 bits per heavy atom. The van der Waals surface area contributed by atoms with E-state index in [9.17, 15) is 8.78 Å². The van der Waals surface area contributed by atoms with Crippen molar-refractivity contribution in [1.29, 1.82) is 0 Å². The molecular formula is C22H24F2. The van der Waals surface area contributed by atoms with Crippen molar-refractivity contribution in [2.24, 2.45) is 5.92 Å². The van der Waals surface area contributed by atoms with E-state index in [4.69, 9.17) is 0 Å². The third kappa shape index (κ3) is 4.31. The average molecular weight is 326 g/mol. The number of allylic oxidation sites excluding steroid dienone is 1. The van der Waals surface area contributed by atoms with Gasteiger partial charge in [-0.2, -0.15) is 0 Å². The Labute approximate surface area is 143 Å². The van der Waals surface area contributed by atoms with Crippen LogP contribution >= 0.6 is 0 Å². The lowest BCUT2D eigenvalue weighted by Crippen LogP contribution is -2.13. The van der Waals surface area contributed by atoms with Crippen LogP contribution in [0.25, 0.3) is 11.1 Å². The number of hydrogen-bond acceptors (Lipinski definition) is 0. The van der Waals surface area contributed by atoms with Gasteiger partial charge in [-0.1, -0.05) is 42.5 Å². The van der Waals surface area contributed by atoms with Gasteiger partial charge in [0.05, 0.1) is 6.33 Å². The van der Waals surface area contributed by atoms with E-state index in [1.807, 2.05) is 12.1 Å². The minimum Gasteiger partial charge on any atom is -0.216 e. The molecule has 0 radical (unpaired) electrons. The fourth-order valence-electron chi connectivity index (χ4n) is 3.77. The molecule has 0 aliphatic heterocycles. The minimum absolute atomic E-state index is 0.200. The fourth-order valence-corrected chi connectivity index (χ4v) is 3.77. The summed E-state index contributed by atoms with van der Waals surface area (Å²) in [5.74, 6) is 1.19. The summed E-state index contributed by atoms with van der Waals surface area (Å²) < 4.78 is 25.0. The van der Waals surface area contributed by atoms with Crippen molar-refractivity contribution in [3.63, 3.8) is 0 Å². The predicted octanol–water partition coefficient (Wildman–Crippen LogP) is 7.03. The zero-order chi connectivity index (χ0) is 16.8. The maximum Gasteiger partial charge on any atom is 0.123 e. The first-order chi connectivity index (χ1) is 11.8. The Morgan fingerprint density at radius 1 is 0.833 bits per heavy atom. The highest BCUT2D eigenvalue weighted by Crippen LogP contribution is 2.38. The molecule has 0 atom stereocenters. The second-order valence-corrected chi connectivity index (χ2v) is 6.79. The highest BCUT2D eigenvalue weighted by atomic mass is 19.1. The van der Waals surface area contributed by atoms with Gasteiger partial charge in [-0.25, -0.2) is 8.78 Å². The molecule has 24 heavy (non-hydrogen) atoms. The Balaban J connectivity index is 1.57. The smallest absolute Gasteiger partial charge is 0.123 e. The van der Waals surface area contributed by atoms with Crippen molar-refractivity contribution in [1.82, 2.24) is 0 Å². The molecule has 0 amide bonds. The SMILES string of the molecule is FC=CCCC1CCC(c2ccc(-c3ccc(F)cc3)cc2)CC1. The first-order valence-corrected chi connectivity index (χ1v) is 8.87. The van der Waals surface area contributed by atoms with Crippen LogP contribution in [0.1, 0.15) is 50.0 Å². The van der Waals surface area contributed by atoms with E-state index in [2.05, 4.69) is 24.3 Å². The molecule has 2 aromatic rings. The minimum atomic E-state index is -0.200. The number of rotatable bonds is 5. The molecule has 1 aliphatic rings. The van der Waals surface area contributed by atoms with Crippen LogP contribution in [0.2, 0.25) is 0 Å². The van der Waals surface area contributed by atoms with Gasteiger partial charge >= 0.3 is 0 Å². The van der Waals surface area contributed by atoms with E-state index in [-0.39, 0.29) is 5.82 Å². The predicted molar refractivity (Wildman–Crippen MR) is 96.0 cm³/mol. The molecule has 3 rings (SSSR count). The standard InChI is InChI=1S/C22H24F2/c23-16-2-1-3-17-4-6-18(7-5-17)19-8-10-20(11-9-19)21-12-14-22(24)15-13-21/h2,8-18H,1,3-7H2. The first kappa shape index (κ1) is 16.9. The Kier molecular flexibility index (Phi) is 5.79. The summed E-state index contributed by atoms with van der Waals surface area (Å²) in [7, 11) is 0. The summed E-state index contributed by atoms with van der Waals surface area (Å²) in [6.07, 6.45) is 9.18. The summed E-state index contributed by atoms with van der Waals surface area (Å²) in [6.45, 7) is 0. The lowest BCUT2D eigenvalue weighted by Gasteiger charge is -2.28. The van der Waals surface area contributed by atoms with Crippen LogP contribution in [-0.2, 0) is 0 Å². The van der Waals surface area contributed by atoms with Gasteiger partial charge in [0.2, 0.25) is 0 Å². The van der Waals surface area contributed by atoms with Crippen LogP contribution in [0.5, 0.6) is 0 Å². The third-order valence-corrected chi connectivity index (χ3v) is 5.24. The zero-order valence-corrected chi connectivity index (χ0v) is 13.9. The molecule has 126 valence electrons. The molecule has 1 fully saturated rings. The lowest BCUT2D eigenvalue weighted by molar-refractivity contribution is 0.311. The molecular weight excluding hydrogens is 302 g/mol. The van der Waals surface area contributed by atoms with E-state index in [0.717, 1.165) is 29.9 Å². The molecule has 0 bridgehead atoms. The van der Waals surface area contributed by atoms with Gasteiger partial charge in [0, 0.05) is 0 Å². The monoisotopic (exact) mass is 326 g/mol. The second kappa shape index (κ2) is 8.23. The summed E-state index contributed by atoms with van der Waals surface area (Å²) in [4.78, 5) is 0. The normalized spacial score (nSPS) is 21.2. The van der Waals surface area contributed by atoms with Gasteiger partial charge in [-0.05, 0) is 79.2 Å². The quantitative estimate of drug-likeness (QED) is 0.553. The van der Waals surface area contributed by atoms with Gasteiger partial charge in [0.25, 0.3) is 0 Å². The van der Waals surface area contributed by atoms with Crippen LogP contribution < -0.4 is 0 Å². The van der Waals surface area contributed by atoms with Gasteiger partial charge < -0.3 is 0 Å². The first-order valence-electron chi connectivity index (χ1n) is 8.87. The molecule has 0 saturated heterocycles. The van der Waals surface area contributed by atoms with Crippen molar-refractivity contribution >= 4 is 0 Å². The van der Waals surface area contributed by atoms with Crippen LogP contribution in [0.4, 0.5) is 8.78 Å². The van der Waals surface area contributed by atoms with E-state index >= 15 is 0 Å². The van der Waals surface area contributed by atoms with Gasteiger partial charge in [-0.3, -0.25) is 0 Å². The zero-order valence-electron chi connectivity index (χ0n) is 13.9. The van der Waals surface area contributed by atoms with Gasteiger partial charge in [0.15, 0.2) is 0 Å². The van der Waals surface area contributed by atoms with Gasteiger partial charge in [-0.15, -0.1) is 0 Å². The van der Waals surface area contributed by atoms with Crippen molar-refractivity contribution in [3.8, 4) is 11.1 Å². The Hall–Kier alpha value is -1.96. The summed E-state index contributed by atoms with van der Waals surface area (Å²) in [5, 5.41) is 0. The van der Waals surface area contributed by atoms with Crippen molar-refractivity contribution in [2.45, 2.75) is 44.4 Å². The molecule has 1 saturated carbocycles. The molecule has 0 unspecified atom stereocenters. The van der Waals surface area contributed by atoms with E-state index in [1.165, 1.54) is 43.4 Å². The van der Waals surface area contributed by atoms with Crippen molar-refractivity contribution in [3.05, 3.63) is 72.3 Å². The maximum absolute atomic E-state index is 13.0. The third-order valence-electron chi connectivity index (χ3n) is 5.24. The highest BCUT2D eigenvalue weighted by molar-refractivity contribution is 5.63. The van der Waals surface area contributed by atoms with Gasteiger partial charge in [0.1, 0.15) is 5.82 Å². The number of halogens is 2. The van der Waals surface area contributed by atoms with E-state index in [0.29, 0.717) is 12.2 Å². The van der Waals surface area contributed by atoms with E-state index < -0.39 is 0 Å². The molecule has 0 heterocycles. The summed E-state index contributed by atoms with van der Waals surface area (Å²) >= 11 is 0. The Bertz CT molecular complexity index is 647. The van der Waals surface area contributed by atoms with Crippen LogP contribution in [-0.4, -0.2) is 0 Å². The van der Waals surface area contributed by atoms with Crippen molar-refractivity contribution < 1.29 is 8.78 Å². The number of hydrogen-bond donors (Lipinski definition) is 0. The van der Waals surface area contributed by atoms with Crippen molar-refractivity contribution in [2.75, 3.05) is 0 Å². The average Bonchev–Trinajstić information content (AvgIpc) is 2.63. The Morgan fingerprint density at radius 3 is 2.00 bits per heavy atom. The number of benzene rings is 2. The van der Waals surface area contributed by atoms with Crippen LogP contribution in [0.15, 0.2) is 60.9 Å². The maximum atomic E-state index is 13.0. The largest absolute Gasteiger partial charge is 0.216 e. The second-order valence-electron chi connectivity index (χ2n) is 6.79. The lowest BCUT2D eigenvalue weighted by atomic mass is 9.77. The molecule has 0 N–H and O–H groups in total. The van der Waals surface area contributed by atoms with Crippen LogP contribution in [0, 0.1) is 11.7 Å².